The number of rotatable bonds is 6. The minimum absolute atomic E-state index is 0.142. The lowest BCUT2D eigenvalue weighted by atomic mass is 10.0. The summed E-state index contributed by atoms with van der Waals surface area (Å²) in [7, 11) is 0. The first-order chi connectivity index (χ1) is 14.8. The van der Waals surface area contributed by atoms with Crippen LogP contribution in [0.1, 0.15) is 61.3 Å². The minimum atomic E-state index is -0.513. The second-order valence-electron chi connectivity index (χ2n) is 8.72. The molecule has 1 amide bonds. The Labute approximate surface area is 192 Å². The predicted octanol–water partition coefficient (Wildman–Crippen LogP) is 3.16. The van der Waals surface area contributed by atoms with Crippen molar-refractivity contribution in [2.45, 2.75) is 51.2 Å². The molecule has 2 aromatic rings. The zero-order valence-corrected chi connectivity index (χ0v) is 19.8. The zero-order chi connectivity index (χ0) is 22.1. The maximum Gasteiger partial charge on any atom is 0.232 e. The molecule has 1 unspecified atom stereocenters. The van der Waals surface area contributed by atoms with E-state index < -0.39 is 6.10 Å². The van der Waals surface area contributed by atoms with Gasteiger partial charge in [-0.1, -0.05) is 32.4 Å². The molecule has 4 rings (SSSR count). The molecule has 1 fully saturated rings. The molecule has 3 heterocycles. The molecule has 0 aromatic carbocycles. The molecule has 0 spiro atoms. The van der Waals surface area contributed by atoms with Gasteiger partial charge in [-0.15, -0.1) is 11.3 Å². The van der Waals surface area contributed by atoms with Crippen LogP contribution in [0.2, 0.25) is 4.34 Å². The molecule has 2 aliphatic rings. The van der Waals surface area contributed by atoms with Crippen molar-refractivity contribution in [3.8, 4) is 0 Å². The van der Waals surface area contributed by atoms with Crippen LogP contribution >= 0.6 is 22.9 Å². The minimum Gasteiger partial charge on any atom is -0.387 e. The number of fused-ring (bicyclic) bond motifs is 1. The van der Waals surface area contributed by atoms with Crippen molar-refractivity contribution in [2.24, 2.45) is 0 Å². The number of nitrogens with zero attached hydrogens (tertiary/aromatic N) is 4. The van der Waals surface area contributed by atoms with E-state index in [-0.39, 0.29) is 17.7 Å². The molecule has 168 valence electrons. The van der Waals surface area contributed by atoms with Gasteiger partial charge in [0.25, 0.3) is 0 Å². The molecule has 0 bridgehead atoms. The highest BCUT2D eigenvalue weighted by molar-refractivity contribution is 7.16. The number of nitrogens with one attached hydrogen (secondary N) is 1. The van der Waals surface area contributed by atoms with Crippen LogP contribution in [0.5, 0.6) is 0 Å². The molecule has 1 aliphatic carbocycles. The molecular weight excluding hydrogens is 434 g/mol. The highest BCUT2D eigenvalue weighted by Crippen LogP contribution is 2.42. The van der Waals surface area contributed by atoms with Gasteiger partial charge in [0.1, 0.15) is 12.1 Å². The maximum absolute atomic E-state index is 13.4. The van der Waals surface area contributed by atoms with Gasteiger partial charge in [0.15, 0.2) is 0 Å². The smallest absolute Gasteiger partial charge is 0.232 e. The topological polar surface area (TPSA) is 81.6 Å². The van der Waals surface area contributed by atoms with Crippen LogP contribution in [-0.2, 0) is 4.79 Å². The molecule has 1 aliphatic heterocycles. The molecule has 0 radical (unpaired) electrons. The summed E-state index contributed by atoms with van der Waals surface area (Å²) in [6.07, 6.45) is 1.72. The van der Waals surface area contributed by atoms with Crippen LogP contribution in [0.25, 0.3) is 0 Å². The first-order valence-corrected chi connectivity index (χ1v) is 12.1. The lowest BCUT2D eigenvalue weighted by Gasteiger charge is -2.38. The molecule has 0 saturated carbocycles. The second-order valence-corrected chi connectivity index (χ2v) is 10.5. The predicted molar refractivity (Wildman–Crippen MR) is 124 cm³/mol. The summed E-state index contributed by atoms with van der Waals surface area (Å²) in [5.74, 6) is 1.05. The molecular formula is C22H30ClN5O2S. The van der Waals surface area contributed by atoms with Crippen molar-refractivity contribution < 1.29 is 9.90 Å². The summed E-state index contributed by atoms with van der Waals surface area (Å²) in [5.41, 5.74) is 1.81. The second kappa shape index (κ2) is 9.40. The Morgan fingerprint density at radius 1 is 1.29 bits per heavy atom. The van der Waals surface area contributed by atoms with Crippen LogP contribution in [-0.4, -0.2) is 64.6 Å². The van der Waals surface area contributed by atoms with E-state index in [0.717, 1.165) is 22.0 Å². The molecule has 31 heavy (non-hydrogen) atoms. The van der Waals surface area contributed by atoms with Crippen molar-refractivity contribution >= 4 is 34.7 Å². The third-order valence-corrected chi connectivity index (χ3v) is 7.48. The Morgan fingerprint density at radius 3 is 2.68 bits per heavy atom. The standard InChI is InChI=1S/C22H30ClN5O2S/c1-13(2)24-11-15(17-4-5-18(23)31-17)22(30)28-8-6-27(7-9-28)21-19-14(3)10-16(29)20(19)25-12-26-21/h4-5,12-16,24,29H,6-11H2,1-3H3/t14-,15?,16-/m1/s1. The van der Waals surface area contributed by atoms with Crippen LogP contribution in [0.4, 0.5) is 5.82 Å². The fraction of sp³-hybridized carbons (Fsp3) is 0.591. The Hall–Kier alpha value is -1.74. The number of aromatic nitrogens is 2. The van der Waals surface area contributed by atoms with Crippen molar-refractivity contribution in [3.63, 3.8) is 0 Å². The first-order valence-electron chi connectivity index (χ1n) is 10.9. The van der Waals surface area contributed by atoms with Crippen LogP contribution in [0.3, 0.4) is 0 Å². The van der Waals surface area contributed by atoms with E-state index >= 15 is 0 Å². The third-order valence-electron chi connectivity index (χ3n) is 6.14. The molecule has 3 atom stereocenters. The number of halogens is 1. The number of piperazine rings is 1. The average Bonchev–Trinajstić information content (AvgIpc) is 3.31. The molecule has 2 aromatic heterocycles. The lowest BCUT2D eigenvalue weighted by molar-refractivity contribution is -0.133. The summed E-state index contributed by atoms with van der Waals surface area (Å²) < 4.78 is 0.705. The summed E-state index contributed by atoms with van der Waals surface area (Å²) in [6, 6.07) is 4.13. The highest BCUT2D eigenvalue weighted by Gasteiger charge is 2.35. The summed E-state index contributed by atoms with van der Waals surface area (Å²) in [5, 5.41) is 13.7. The molecule has 1 saturated heterocycles. The highest BCUT2D eigenvalue weighted by atomic mass is 35.5. The van der Waals surface area contributed by atoms with Gasteiger partial charge >= 0.3 is 0 Å². The number of aliphatic hydroxyl groups is 1. The monoisotopic (exact) mass is 463 g/mol. The zero-order valence-electron chi connectivity index (χ0n) is 18.2. The van der Waals surface area contributed by atoms with Crippen molar-refractivity contribution in [3.05, 3.63) is 38.9 Å². The number of anilines is 1. The van der Waals surface area contributed by atoms with Gasteiger partial charge in [0.2, 0.25) is 5.91 Å². The van der Waals surface area contributed by atoms with Gasteiger partial charge in [-0.05, 0) is 24.5 Å². The Kier molecular flexibility index (Phi) is 6.81. The lowest BCUT2D eigenvalue weighted by Crippen LogP contribution is -2.51. The van der Waals surface area contributed by atoms with E-state index in [1.807, 2.05) is 17.0 Å². The number of carbonyl (C=O) groups is 1. The number of thiophene rings is 1. The normalized spacial score (nSPS) is 22.1. The number of carbonyl (C=O) groups excluding carboxylic acids is 1. The first kappa shape index (κ1) is 22.5. The van der Waals surface area contributed by atoms with Crippen LogP contribution < -0.4 is 10.2 Å². The third kappa shape index (κ3) is 4.72. The van der Waals surface area contributed by atoms with Gasteiger partial charge in [-0.2, -0.15) is 0 Å². The largest absolute Gasteiger partial charge is 0.387 e. The Bertz CT molecular complexity index is 928. The van der Waals surface area contributed by atoms with Gasteiger partial charge in [0, 0.05) is 49.2 Å². The van der Waals surface area contributed by atoms with Crippen molar-refractivity contribution in [2.75, 3.05) is 37.6 Å². The van der Waals surface area contributed by atoms with Gasteiger partial charge in [-0.3, -0.25) is 4.79 Å². The van der Waals surface area contributed by atoms with E-state index in [1.54, 1.807) is 6.33 Å². The molecule has 2 N–H and O–H groups in total. The van der Waals surface area contributed by atoms with E-state index in [0.29, 0.717) is 49.5 Å². The van der Waals surface area contributed by atoms with Gasteiger partial charge < -0.3 is 20.2 Å². The van der Waals surface area contributed by atoms with Gasteiger partial charge in [0.05, 0.1) is 22.1 Å². The molecule has 7 nitrogen and oxygen atoms in total. The summed E-state index contributed by atoms with van der Waals surface area (Å²) in [6.45, 7) is 9.60. The molecule has 9 heteroatoms. The van der Waals surface area contributed by atoms with Crippen molar-refractivity contribution in [1.82, 2.24) is 20.2 Å². The van der Waals surface area contributed by atoms with E-state index in [2.05, 4.69) is 41.0 Å². The van der Waals surface area contributed by atoms with Crippen molar-refractivity contribution in [1.29, 1.82) is 0 Å². The van der Waals surface area contributed by atoms with Crippen LogP contribution in [0, 0.1) is 0 Å². The fourth-order valence-corrected chi connectivity index (χ4v) is 5.65. The fourth-order valence-electron chi connectivity index (χ4n) is 4.49. The summed E-state index contributed by atoms with van der Waals surface area (Å²) >= 11 is 7.63. The van der Waals surface area contributed by atoms with E-state index in [1.165, 1.54) is 11.3 Å². The number of hydrogen-bond acceptors (Lipinski definition) is 7. The quantitative estimate of drug-likeness (QED) is 0.684. The van der Waals surface area contributed by atoms with Crippen LogP contribution in [0.15, 0.2) is 18.5 Å². The van der Waals surface area contributed by atoms with E-state index in [4.69, 9.17) is 11.6 Å². The Balaban J connectivity index is 1.46. The number of amides is 1. The SMILES string of the molecule is CC(C)NCC(C(=O)N1CCN(c2ncnc3c2[C@H](C)C[C@H]3O)CC1)c1ccc(Cl)s1. The number of hydrogen-bond donors (Lipinski definition) is 2. The summed E-state index contributed by atoms with van der Waals surface area (Å²) in [4.78, 5) is 27.5. The van der Waals surface area contributed by atoms with E-state index in [9.17, 15) is 9.90 Å². The average molecular weight is 464 g/mol. The Morgan fingerprint density at radius 2 is 2.03 bits per heavy atom. The maximum atomic E-state index is 13.4. The van der Waals surface area contributed by atoms with Gasteiger partial charge in [-0.25, -0.2) is 9.97 Å². The number of aliphatic hydroxyl groups excluding tert-OH is 1.